The Kier molecular flexibility index (Phi) is 4.44. The van der Waals surface area contributed by atoms with E-state index < -0.39 is 0 Å². The molecule has 1 aromatic carbocycles. The van der Waals surface area contributed by atoms with Crippen LogP contribution in [0.2, 0.25) is 5.15 Å². The molecule has 4 nitrogen and oxygen atoms in total. The van der Waals surface area contributed by atoms with Gasteiger partial charge in [0.25, 0.3) is 0 Å². The Morgan fingerprint density at radius 3 is 2.60 bits per heavy atom. The van der Waals surface area contributed by atoms with E-state index in [1.54, 1.807) is 20.1 Å². The first-order chi connectivity index (χ1) is 9.63. The molecule has 0 amide bonds. The van der Waals surface area contributed by atoms with Crippen LogP contribution in [-0.4, -0.2) is 12.1 Å². The van der Waals surface area contributed by atoms with E-state index in [2.05, 4.69) is 4.98 Å². The van der Waals surface area contributed by atoms with E-state index in [-0.39, 0.29) is 10.7 Å². The molecule has 1 aromatic heterocycles. The zero-order valence-electron chi connectivity index (χ0n) is 11.2. The topological polar surface area (TPSA) is 55.1 Å². The molecule has 0 bridgehead atoms. The van der Waals surface area contributed by atoms with Crippen molar-refractivity contribution >= 4 is 11.6 Å². The third-order valence-corrected chi connectivity index (χ3v) is 3.01. The van der Waals surface area contributed by atoms with E-state index in [9.17, 15) is 0 Å². The molecule has 0 aliphatic rings. The van der Waals surface area contributed by atoms with Gasteiger partial charge in [0.15, 0.2) is 5.15 Å². The van der Waals surface area contributed by atoms with Crippen LogP contribution in [0.25, 0.3) is 0 Å². The lowest BCUT2D eigenvalue weighted by Crippen LogP contribution is -1.99. The van der Waals surface area contributed by atoms with Crippen molar-refractivity contribution in [1.29, 1.82) is 5.26 Å². The summed E-state index contributed by atoms with van der Waals surface area (Å²) in [6.45, 7) is 2.14. The summed E-state index contributed by atoms with van der Waals surface area (Å²) in [4.78, 5) is 4.03. The molecule has 0 aliphatic carbocycles. The molecule has 5 heteroatoms. The van der Waals surface area contributed by atoms with Crippen molar-refractivity contribution in [3.8, 4) is 17.6 Å². The quantitative estimate of drug-likeness (QED) is 0.808. The summed E-state index contributed by atoms with van der Waals surface area (Å²) in [5, 5.41) is 9.25. The van der Waals surface area contributed by atoms with Gasteiger partial charge < -0.3 is 9.47 Å². The standard InChI is InChI=1S/C15H13ClN2O2/c1-10-7-14(13(8-17)15(16)18-10)20-9-11-3-5-12(19-2)6-4-11/h3-7H,9H2,1-2H3. The van der Waals surface area contributed by atoms with Crippen LogP contribution in [0.1, 0.15) is 16.8 Å². The van der Waals surface area contributed by atoms with Crippen LogP contribution >= 0.6 is 11.6 Å². The van der Waals surface area contributed by atoms with Crippen LogP contribution in [0.15, 0.2) is 30.3 Å². The Balaban J connectivity index is 2.16. The van der Waals surface area contributed by atoms with Crippen molar-refractivity contribution in [2.75, 3.05) is 7.11 Å². The fourth-order valence-corrected chi connectivity index (χ4v) is 1.97. The number of nitrogens with zero attached hydrogens (tertiary/aromatic N) is 2. The molecule has 0 saturated carbocycles. The highest BCUT2D eigenvalue weighted by molar-refractivity contribution is 6.30. The van der Waals surface area contributed by atoms with Gasteiger partial charge in [0.2, 0.25) is 0 Å². The average Bonchev–Trinajstić information content (AvgIpc) is 2.45. The molecule has 102 valence electrons. The van der Waals surface area contributed by atoms with E-state index in [0.29, 0.717) is 18.1 Å². The van der Waals surface area contributed by atoms with Crippen LogP contribution in [0.5, 0.6) is 11.5 Å². The second-order valence-corrected chi connectivity index (χ2v) is 4.53. The normalized spacial score (nSPS) is 9.90. The molecule has 0 unspecified atom stereocenters. The Bertz CT molecular complexity index is 648. The number of rotatable bonds is 4. The molecule has 0 aliphatic heterocycles. The van der Waals surface area contributed by atoms with E-state index in [1.165, 1.54) is 0 Å². The molecule has 0 atom stereocenters. The van der Waals surface area contributed by atoms with Gasteiger partial charge in [-0.1, -0.05) is 23.7 Å². The van der Waals surface area contributed by atoms with Gasteiger partial charge in [-0.3, -0.25) is 0 Å². The van der Waals surface area contributed by atoms with Gasteiger partial charge in [0, 0.05) is 11.8 Å². The number of pyridine rings is 1. The zero-order valence-corrected chi connectivity index (χ0v) is 11.9. The second kappa shape index (κ2) is 6.27. The lowest BCUT2D eigenvalue weighted by atomic mass is 10.2. The van der Waals surface area contributed by atoms with E-state index in [0.717, 1.165) is 11.3 Å². The molecular weight excluding hydrogens is 276 g/mol. The molecule has 2 aromatic rings. The lowest BCUT2D eigenvalue weighted by molar-refractivity contribution is 0.304. The highest BCUT2D eigenvalue weighted by atomic mass is 35.5. The van der Waals surface area contributed by atoms with Gasteiger partial charge in [0.05, 0.1) is 7.11 Å². The van der Waals surface area contributed by atoms with Crippen LogP contribution in [0.4, 0.5) is 0 Å². The van der Waals surface area contributed by atoms with Gasteiger partial charge in [-0.2, -0.15) is 5.26 Å². The molecule has 0 N–H and O–H groups in total. The number of halogens is 1. The number of ether oxygens (including phenoxy) is 2. The molecule has 0 fully saturated rings. The number of hydrogen-bond acceptors (Lipinski definition) is 4. The minimum Gasteiger partial charge on any atom is -0.497 e. The lowest BCUT2D eigenvalue weighted by Gasteiger charge is -2.10. The Labute approximate surface area is 122 Å². The second-order valence-electron chi connectivity index (χ2n) is 4.18. The first-order valence-corrected chi connectivity index (χ1v) is 6.35. The van der Waals surface area contributed by atoms with Crippen LogP contribution in [-0.2, 0) is 6.61 Å². The zero-order chi connectivity index (χ0) is 14.5. The van der Waals surface area contributed by atoms with Gasteiger partial charge in [0.1, 0.15) is 29.7 Å². The van der Waals surface area contributed by atoms with Crippen LogP contribution in [0, 0.1) is 18.3 Å². The summed E-state index contributed by atoms with van der Waals surface area (Å²) in [6.07, 6.45) is 0. The van der Waals surface area contributed by atoms with Crippen molar-refractivity contribution in [2.24, 2.45) is 0 Å². The van der Waals surface area contributed by atoms with E-state index in [1.807, 2.05) is 30.3 Å². The third kappa shape index (κ3) is 3.19. The SMILES string of the molecule is COc1ccc(COc2cc(C)nc(Cl)c2C#N)cc1. The molecular formula is C15H13ClN2O2. The maximum absolute atomic E-state index is 9.08. The number of methoxy groups -OCH3 is 1. The van der Waals surface area contributed by atoms with Crippen LogP contribution in [0.3, 0.4) is 0 Å². The minimum atomic E-state index is 0.164. The number of nitriles is 1. The maximum Gasteiger partial charge on any atom is 0.150 e. The number of hydrogen-bond donors (Lipinski definition) is 0. The number of aromatic nitrogens is 1. The average molecular weight is 289 g/mol. The van der Waals surface area contributed by atoms with Crippen molar-refractivity contribution < 1.29 is 9.47 Å². The molecule has 0 radical (unpaired) electrons. The number of aryl methyl sites for hydroxylation is 1. The summed E-state index contributed by atoms with van der Waals surface area (Å²) in [5.41, 5.74) is 1.93. The van der Waals surface area contributed by atoms with Gasteiger partial charge in [-0.05, 0) is 24.6 Å². The van der Waals surface area contributed by atoms with Crippen molar-refractivity contribution in [1.82, 2.24) is 4.98 Å². The fourth-order valence-electron chi connectivity index (χ4n) is 1.70. The summed E-state index contributed by atoms with van der Waals surface area (Å²) < 4.78 is 10.8. The van der Waals surface area contributed by atoms with E-state index >= 15 is 0 Å². The predicted octanol–water partition coefficient (Wildman–Crippen LogP) is 3.50. The first-order valence-electron chi connectivity index (χ1n) is 5.97. The molecule has 2 rings (SSSR count). The Morgan fingerprint density at radius 1 is 1.30 bits per heavy atom. The van der Waals surface area contributed by atoms with Crippen molar-refractivity contribution in [3.05, 3.63) is 52.3 Å². The van der Waals surface area contributed by atoms with Crippen LogP contribution < -0.4 is 9.47 Å². The minimum absolute atomic E-state index is 0.164. The monoisotopic (exact) mass is 288 g/mol. The molecule has 0 spiro atoms. The van der Waals surface area contributed by atoms with Gasteiger partial charge >= 0.3 is 0 Å². The van der Waals surface area contributed by atoms with Gasteiger partial charge in [-0.25, -0.2) is 4.98 Å². The summed E-state index contributed by atoms with van der Waals surface area (Å²) in [5.74, 6) is 1.23. The molecule has 20 heavy (non-hydrogen) atoms. The largest absolute Gasteiger partial charge is 0.497 e. The third-order valence-electron chi connectivity index (χ3n) is 2.73. The summed E-state index contributed by atoms with van der Waals surface area (Å²) in [7, 11) is 1.62. The predicted molar refractivity (Wildman–Crippen MR) is 76.0 cm³/mol. The smallest absolute Gasteiger partial charge is 0.150 e. The summed E-state index contributed by atoms with van der Waals surface area (Å²) >= 11 is 5.93. The maximum atomic E-state index is 9.08. The first kappa shape index (κ1) is 14.2. The highest BCUT2D eigenvalue weighted by Gasteiger charge is 2.11. The van der Waals surface area contributed by atoms with Crippen molar-refractivity contribution in [2.45, 2.75) is 13.5 Å². The number of benzene rings is 1. The highest BCUT2D eigenvalue weighted by Crippen LogP contribution is 2.26. The summed E-state index contributed by atoms with van der Waals surface area (Å²) in [6, 6.07) is 11.2. The van der Waals surface area contributed by atoms with Crippen molar-refractivity contribution in [3.63, 3.8) is 0 Å². The fraction of sp³-hybridized carbons (Fsp3) is 0.200. The molecule has 0 saturated heterocycles. The molecule has 1 heterocycles. The van der Waals surface area contributed by atoms with E-state index in [4.69, 9.17) is 26.3 Å². The Hall–Kier alpha value is -2.25. The van der Waals surface area contributed by atoms with Gasteiger partial charge in [-0.15, -0.1) is 0 Å². The Morgan fingerprint density at radius 2 is 2.00 bits per heavy atom.